The van der Waals surface area contributed by atoms with Gasteiger partial charge in [0.1, 0.15) is 0 Å². The molecule has 1 amide bonds. The first-order valence-electron chi connectivity index (χ1n) is 8.74. The van der Waals surface area contributed by atoms with Crippen molar-refractivity contribution in [3.63, 3.8) is 0 Å². The Labute approximate surface area is 168 Å². The number of benzene rings is 2. The molecule has 5 nitrogen and oxygen atoms in total. The van der Waals surface area contributed by atoms with Crippen molar-refractivity contribution < 1.29 is 13.2 Å². The molecule has 142 valence electrons. The van der Waals surface area contributed by atoms with E-state index in [1.54, 1.807) is 6.08 Å². The van der Waals surface area contributed by atoms with Crippen LogP contribution in [0.1, 0.15) is 18.4 Å². The number of nitrogens with zero attached hydrogens (tertiary/aromatic N) is 1. The second-order valence-corrected chi connectivity index (χ2v) is 9.16. The van der Waals surface area contributed by atoms with Crippen LogP contribution in [0.2, 0.25) is 0 Å². The van der Waals surface area contributed by atoms with Crippen molar-refractivity contribution in [2.24, 2.45) is 5.92 Å². The Morgan fingerprint density at radius 1 is 1.04 bits per heavy atom. The maximum atomic E-state index is 12.5. The van der Waals surface area contributed by atoms with Gasteiger partial charge in [-0.05, 0) is 48.7 Å². The van der Waals surface area contributed by atoms with Gasteiger partial charge in [0.15, 0.2) is 0 Å². The number of hydrogen-bond acceptors (Lipinski definition) is 3. The normalized spacial score (nSPS) is 16.5. The molecule has 1 heterocycles. The summed E-state index contributed by atoms with van der Waals surface area (Å²) in [5.41, 5.74) is 1.58. The van der Waals surface area contributed by atoms with Crippen LogP contribution in [0.25, 0.3) is 6.08 Å². The number of anilines is 1. The highest BCUT2D eigenvalue weighted by atomic mass is 79.9. The fraction of sp³-hybridized carbons (Fsp3) is 0.250. The highest BCUT2D eigenvalue weighted by Gasteiger charge is 2.29. The van der Waals surface area contributed by atoms with Crippen molar-refractivity contribution in [3.05, 3.63) is 70.0 Å². The quantitative estimate of drug-likeness (QED) is 0.748. The highest BCUT2D eigenvalue weighted by molar-refractivity contribution is 9.10. The molecule has 1 aliphatic rings. The number of halogens is 1. The molecule has 0 aromatic heterocycles. The molecule has 0 spiro atoms. The Hall–Kier alpha value is -1.96. The van der Waals surface area contributed by atoms with Gasteiger partial charge >= 0.3 is 0 Å². The molecule has 27 heavy (non-hydrogen) atoms. The van der Waals surface area contributed by atoms with Crippen molar-refractivity contribution in [1.29, 1.82) is 0 Å². The van der Waals surface area contributed by atoms with E-state index in [1.165, 1.54) is 9.71 Å². The molecular weight excluding hydrogens is 428 g/mol. The highest BCUT2D eigenvalue weighted by Crippen LogP contribution is 2.23. The van der Waals surface area contributed by atoms with Crippen molar-refractivity contribution >= 4 is 43.6 Å². The monoisotopic (exact) mass is 448 g/mol. The molecule has 0 atom stereocenters. The molecule has 7 heteroatoms. The summed E-state index contributed by atoms with van der Waals surface area (Å²) in [6, 6.07) is 16.7. The van der Waals surface area contributed by atoms with Gasteiger partial charge in [-0.25, -0.2) is 8.42 Å². The number of nitrogens with one attached hydrogen (secondary N) is 1. The third-order valence-electron chi connectivity index (χ3n) is 4.53. The Balaban J connectivity index is 1.55. The fourth-order valence-corrected chi connectivity index (χ4v) is 4.45. The Kier molecular flexibility index (Phi) is 6.46. The lowest BCUT2D eigenvalue weighted by molar-refractivity contribution is -0.120. The standard InChI is InChI=1S/C20H21BrN2O3S/c21-18-6-8-19(9-7-18)22-20(24)17-10-13-23(14-11-17)27(25,26)15-12-16-4-2-1-3-5-16/h1-9,12,15,17H,10-11,13-14H2,(H,22,24)/b15-12+. The summed E-state index contributed by atoms with van der Waals surface area (Å²) in [4.78, 5) is 12.4. The zero-order chi connectivity index (χ0) is 19.3. The summed E-state index contributed by atoms with van der Waals surface area (Å²) in [5, 5.41) is 4.14. The van der Waals surface area contributed by atoms with Crippen molar-refractivity contribution in [2.45, 2.75) is 12.8 Å². The van der Waals surface area contributed by atoms with E-state index in [4.69, 9.17) is 0 Å². The minimum absolute atomic E-state index is 0.0609. The average Bonchev–Trinajstić information content (AvgIpc) is 2.69. The fourth-order valence-electron chi connectivity index (χ4n) is 2.96. The van der Waals surface area contributed by atoms with Crippen molar-refractivity contribution in [2.75, 3.05) is 18.4 Å². The van der Waals surface area contributed by atoms with E-state index in [1.807, 2.05) is 54.6 Å². The molecular formula is C20H21BrN2O3S. The first-order valence-corrected chi connectivity index (χ1v) is 11.0. The maximum absolute atomic E-state index is 12.5. The van der Waals surface area contributed by atoms with Crippen molar-refractivity contribution in [1.82, 2.24) is 4.31 Å². The molecule has 1 saturated heterocycles. The number of rotatable bonds is 5. The van der Waals surface area contributed by atoms with Crippen molar-refractivity contribution in [3.8, 4) is 0 Å². The first-order chi connectivity index (χ1) is 12.9. The minimum Gasteiger partial charge on any atom is -0.326 e. The molecule has 0 radical (unpaired) electrons. The van der Waals surface area contributed by atoms with Gasteiger partial charge in [-0.1, -0.05) is 46.3 Å². The predicted molar refractivity (Wildman–Crippen MR) is 111 cm³/mol. The van der Waals surface area contributed by atoms with Crippen LogP contribution in [0.5, 0.6) is 0 Å². The lowest BCUT2D eigenvalue weighted by atomic mass is 9.97. The SMILES string of the molecule is O=C(Nc1ccc(Br)cc1)C1CCN(S(=O)(=O)/C=C/c2ccccc2)CC1. The van der Waals surface area contributed by atoms with E-state index in [0.717, 1.165) is 15.7 Å². The number of sulfonamides is 1. The van der Waals surface area contributed by atoms with E-state index in [-0.39, 0.29) is 11.8 Å². The van der Waals surface area contributed by atoms with E-state index < -0.39 is 10.0 Å². The number of piperidine rings is 1. The third kappa shape index (κ3) is 5.51. The Morgan fingerprint density at radius 3 is 2.30 bits per heavy atom. The molecule has 0 aliphatic carbocycles. The second kappa shape index (κ2) is 8.82. The van der Waals surface area contributed by atoms with Crippen LogP contribution in [0.3, 0.4) is 0 Å². The van der Waals surface area contributed by atoms with E-state index in [0.29, 0.717) is 25.9 Å². The molecule has 0 unspecified atom stereocenters. The van der Waals surface area contributed by atoms with Gasteiger partial charge in [-0.3, -0.25) is 4.79 Å². The van der Waals surface area contributed by atoms with E-state index in [9.17, 15) is 13.2 Å². The second-order valence-electron chi connectivity index (χ2n) is 6.43. The average molecular weight is 449 g/mol. The lowest BCUT2D eigenvalue weighted by Crippen LogP contribution is -2.40. The topological polar surface area (TPSA) is 66.5 Å². The summed E-state index contributed by atoms with van der Waals surface area (Å²) in [7, 11) is -3.48. The van der Waals surface area contributed by atoms with Gasteiger partial charge in [0, 0.05) is 34.6 Å². The molecule has 0 bridgehead atoms. The van der Waals surface area contributed by atoms with Crippen LogP contribution in [0.4, 0.5) is 5.69 Å². The summed E-state index contributed by atoms with van der Waals surface area (Å²) in [6.07, 6.45) is 2.63. The van der Waals surface area contributed by atoms with Crippen LogP contribution >= 0.6 is 15.9 Å². The molecule has 3 rings (SSSR count). The van der Waals surface area contributed by atoms with Gasteiger partial charge < -0.3 is 5.32 Å². The first kappa shape index (κ1) is 19.8. The smallest absolute Gasteiger partial charge is 0.236 e. The summed E-state index contributed by atoms with van der Waals surface area (Å²) >= 11 is 3.36. The zero-order valence-electron chi connectivity index (χ0n) is 14.7. The number of hydrogen-bond donors (Lipinski definition) is 1. The maximum Gasteiger partial charge on any atom is 0.236 e. The largest absolute Gasteiger partial charge is 0.326 e. The Bertz CT molecular complexity index is 904. The molecule has 1 N–H and O–H groups in total. The van der Waals surface area contributed by atoms with Gasteiger partial charge in [0.25, 0.3) is 0 Å². The van der Waals surface area contributed by atoms with Crippen LogP contribution < -0.4 is 5.32 Å². The minimum atomic E-state index is -3.48. The lowest BCUT2D eigenvalue weighted by Gasteiger charge is -2.29. The Morgan fingerprint density at radius 2 is 1.67 bits per heavy atom. The molecule has 2 aromatic rings. The molecule has 0 saturated carbocycles. The van der Waals surface area contributed by atoms with E-state index in [2.05, 4.69) is 21.2 Å². The predicted octanol–water partition coefficient (Wildman–Crippen LogP) is 4.10. The number of amides is 1. The van der Waals surface area contributed by atoms with Gasteiger partial charge in [-0.15, -0.1) is 0 Å². The number of carbonyl (C=O) groups is 1. The number of carbonyl (C=O) groups excluding carboxylic acids is 1. The summed E-state index contributed by atoms with van der Waals surface area (Å²) in [5.74, 6) is -0.243. The van der Waals surface area contributed by atoms with Gasteiger partial charge in [0.2, 0.25) is 15.9 Å². The summed E-state index contributed by atoms with van der Waals surface area (Å²) < 4.78 is 27.4. The molecule has 1 aliphatic heterocycles. The van der Waals surface area contributed by atoms with Crippen LogP contribution in [-0.2, 0) is 14.8 Å². The molecule has 2 aromatic carbocycles. The van der Waals surface area contributed by atoms with Gasteiger partial charge in [0.05, 0.1) is 0 Å². The zero-order valence-corrected chi connectivity index (χ0v) is 17.1. The van der Waals surface area contributed by atoms with E-state index >= 15 is 0 Å². The van der Waals surface area contributed by atoms with Crippen LogP contribution in [-0.4, -0.2) is 31.7 Å². The van der Waals surface area contributed by atoms with Crippen LogP contribution in [0.15, 0.2) is 64.5 Å². The third-order valence-corrected chi connectivity index (χ3v) is 6.62. The van der Waals surface area contributed by atoms with Crippen LogP contribution in [0, 0.1) is 5.92 Å². The summed E-state index contributed by atoms with van der Waals surface area (Å²) in [6.45, 7) is 0.694. The molecule has 1 fully saturated rings. The van der Waals surface area contributed by atoms with Gasteiger partial charge in [-0.2, -0.15) is 4.31 Å².